The van der Waals surface area contributed by atoms with E-state index in [0.29, 0.717) is 18.7 Å². The molecule has 0 spiro atoms. The molecule has 4 nitrogen and oxygen atoms in total. The Kier molecular flexibility index (Phi) is 4.59. The fraction of sp³-hybridized carbons (Fsp3) is 0.533. The summed E-state index contributed by atoms with van der Waals surface area (Å²) >= 11 is 1.57. The van der Waals surface area contributed by atoms with Crippen molar-refractivity contribution in [2.45, 2.75) is 30.4 Å². The summed E-state index contributed by atoms with van der Waals surface area (Å²) in [6.45, 7) is 5.31. The Balaban J connectivity index is 2.38. The monoisotopic (exact) mass is 292 g/mol. The summed E-state index contributed by atoms with van der Waals surface area (Å²) in [6.07, 6.45) is 1.75. The summed E-state index contributed by atoms with van der Waals surface area (Å²) in [5, 5.41) is 18.8. The first-order valence-electron chi connectivity index (χ1n) is 6.61. The van der Waals surface area contributed by atoms with Crippen LogP contribution in [0.2, 0.25) is 0 Å². The number of aliphatic hydroxyl groups excluding tert-OH is 1. The highest BCUT2D eigenvalue weighted by Gasteiger charge is 2.34. The van der Waals surface area contributed by atoms with Gasteiger partial charge in [-0.05, 0) is 32.2 Å². The number of rotatable bonds is 3. The molecule has 108 valence electrons. The highest BCUT2D eigenvalue weighted by atomic mass is 32.2. The largest absolute Gasteiger partial charge is 0.394 e. The fourth-order valence-corrected chi connectivity index (χ4v) is 3.21. The number of hydrogen-bond donors (Lipinski definition) is 1. The highest BCUT2D eigenvalue weighted by Crippen LogP contribution is 2.32. The van der Waals surface area contributed by atoms with Crippen molar-refractivity contribution in [2.24, 2.45) is 0 Å². The van der Waals surface area contributed by atoms with Crippen molar-refractivity contribution in [3.8, 4) is 6.07 Å². The Morgan fingerprint density at radius 1 is 1.55 bits per heavy atom. The predicted octanol–water partition coefficient (Wildman–Crippen LogP) is 2.26. The van der Waals surface area contributed by atoms with Gasteiger partial charge >= 0.3 is 0 Å². The molecule has 20 heavy (non-hydrogen) atoms. The molecule has 1 fully saturated rings. The summed E-state index contributed by atoms with van der Waals surface area (Å²) in [6, 6.07) is 8.20. The molecule has 1 aliphatic heterocycles. The zero-order chi connectivity index (χ0) is 14.8. The van der Waals surface area contributed by atoms with E-state index in [1.165, 1.54) is 0 Å². The molecule has 1 aromatic rings. The van der Waals surface area contributed by atoms with Crippen molar-refractivity contribution in [3.05, 3.63) is 23.8 Å². The van der Waals surface area contributed by atoms with E-state index in [-0.39, 0.29) is 18.3 Å². The van der Waals surface area contributed by atoms with Crippen LogP contribution in [0.15, 0.2) is 23.1 Å². The zero-order valence-electron chi connectivity index (χ0n) is 12.1. The van der Waals surface area contributed by atoms with Gasteiger partial charge in [-0.2, -0.15) is 5.26 Å². The molecule has 1 atom stereocenters. The highest BCUT2D eigenvalue weighted by molar-refractivity contribution is 7.98. The molecular weight excluding hydrogens is 272 g/mol. The van der Waals surface area contributed by atoms with Crippen LogP contribution in [0.3, 0.4) is 0 Å². The summed E-state index contributed by atoms with van der Waals surface area (Å²) in [7, 11) is 0. The molecule has 1 saturated heterocycles. The molecule has 2 rings (SSSR count). The fourth-order valence-electron chi connectivity index (χ4n) is 2.64. The molecule has 1 aliphatic rings. The Hall–Kier alpha value is -1.22. The van der Waals surface area contributed by atoms with Crippen LogP contribution in [-0.4, -0.2) is 42.8 Å². The summed E-state index contributed by atoms with van der Waals surface area (Å²) in [5.74, 6) is 0. The third-order valence-corrected chi connectivity index (χ3v) is 4.14. The summed E-state index contributed by atoms with van der Waals surface area (Å²) < 4.78 is 5.82. The lowest BCUT2D eigenvalue weighted by molar-refractivity contribution is -0.101. The third-order valence-electron chi connectivity index (χ3n) is 3.36. The standard InChI is InChI=1S/C15H20N2O2S/c1-15(2)10-17(8-11(9-18)19-15)13-5-4-6-14(20-3)12(13)7-16/h4-6,11,18H,8-10H2,1-3H3. The lowest BCUT2D eigenvalue weighted by Crippen LogP contribution is -2.54. The lowest BCUT2D eigenvalue weighted by Gasteiger charge is -2.43. The van der Waals surface area contributed by atoms with Crippen LogP contribution in [0, 0.1) is 11.3 Å². The second kappa shape index (κ2) is 6.04. The summed E-state index contributed by atoms with van der Waals surface area (Å²) in [5.41, 5.74) is 1.29. The molecular formula is C15H20N2O2S. The van der Waals surface area contributed by atoms with Crippen LogP contribution >= 0.6 is 11.8 Å². The molecule has 1 aromatic carbocycles. The van der Waals surface area contributed by atoms with Gasteiger partial charge in [-0.3, -0.25) is 0 Å². The number of nitriles is 1. The number of hydrogen-bond acceptors (Lipinski definition) is 5. The quantitative estimate of drug-likeness (QED) is 0.866. The number of aliphatic hydroxyl groups is 1. The van der Waals surface area contributed by atoms with E-state index in [4.69, 9.17) is 4.74 Å². The maximum absolute atomic E-state index is 9.44. The molecule has 0 amide bonds. The molecule has 1 unspecified atom stereocenters. The topological polar surface area (TPSA) is 56.5 Å². The molecule has 0 aliphatic carbocycles. The van der Waals surface area contributed by atoms with Gasteiger partial charge in [-0.25, -0.2) is 0 Å². The van der Waals surface area contributed by atoms with Crippen molar-refractivity contribution in [1.29, 1.82) is 5.26 Å². The predicted molar refractivity (Wildman–Crippen MR) is 81.2 cm³/mol. The first-order valence-corrected chi connectivity index (χ1v) is 7.84. The minimum absolute atomic E-state index is 0.00989. The van der Waals surface area contributed by atoms with Crippen LogP contribution < -0.4 is 4.90 Å². The van der Waals surface area contributed by atoms with Gasteiger partial charge in [-0.1, -0.05) is 6.07 Å². The molecule has 0 bridgehead atoms. The number of anilines is 1. The van der Waals surface area contributed by atoms with Crippen LogP contribution in [0.25, 0.3) is 0 Å². The average molecular weight is 292 g/mol. The minimum atomic E-state index is -0.340. The van der Waals surface area contributed by atoms with Gasteiger partial charge in [-0.15, -0.1) is 11.8 Å². The Morgan fingerprint density at radius 3 is 2.90 bits per heavy atom. The third kappa shape index (κ3) is 3.09. The van der Waals surface area contributed by atoms with E-state index in [1.54, 1.807) is 11.8 Å². The molecule has 0 radical (unpaired) electrons. The Morgan fingerprint density at radius 2 is 2.30 bits per heavy atom. The molecule has 5 heteroatoms. The van der Waals surface area contributed by atoms with Crippen molar-refractivity contribution in [1.82, 2.24) is 0 Å². The van der Waals surface area contributed by atoms with Crippen molar-refractivity contribution < 1.29 is 9.84 Å². The maximum Gasteiger partial charge on any atom is 0.103 e. The maximum atomic E-state index is 9.44. The zero-order valence-corrected chi connectivity index (χ0v) is 12.9. The SMILES string of the molecule is CSc1cccc(N2CC(CO)OC(C)(C)C2)c1C#N. The molecule has 0 saturated carbocycles. The van der Waals surface area contributed by atoms with E-state index in [2.05, 4.69) is 11.0 Å². The van der Waals surface area contributed by atoms with E-state index >= 15 is 0 Å². The first-order chi connectivity index (χ1) is 9.50. The van der Waals surface area contributed by atoms with Gasteiger partial charge in [0, 0.05) is 18.0 Å². The first kappa shape index (κ1) is 15.2. The van der Waals surface area contributed by atoms with Gasteiger partial charge in [0.15, 0.2) is 0 Å². The van der Waals surface area contributed by atoms with Crippen LogP contribution in [0.1, 0.15) is 19.4 Å². The smallest absolute Gasteiger partial charge is 0.103 e. The van der Waals surface area contributed by atoms with Gasteiger partial charge in [0.05, 0.1) is 29.6 Å². The van der Waals surface area contributed by atoms with Crippen LogP contribution in [-0.2, 0) is 4.74 Å². The van der Waals surface area contributed by atoms with Gasteiger partial charge in [0.1, 0.15) is 6.07 Å². The second-order valence-electron chi connectivity index (χ2n) is 5.53. The van der Waals surface area contributed by atoms with Crippen molar-refractivity contribution >= 4 is 17.4 Å². The molecule has 1 heterocycles. The lowest BCUT2D eigenvalue weighted by atomic mass is 10.0. The summed E-state index contributed by atoms with van der Waals surface area (Å²) in [4.78, 5) is 3.12. The number of benzene rings is 1. The number of morpholine rings is 1. The van der Waals surface area contributed by atoms with E-state index in [0.717, 1.165) is 10.6 Å². The van der Waals surface area contributed by atoms with Crippen LogP contribution in [0.5, 0.6) is 0 Å². The normalized spacial score (nSPS) is 21.6. The van der Waals surface area contributed by atoms with E-state index < -0.39 is 0 Å². The van der Waals surface area contributed by atoms with Gasteiger partial charge in [0.2, 0.25) is 0 Å². The Bertz CT molecular complexity index is 525. The van der Waals surface area contributed by atoms with Gasteiger partial charge < -0.3 is 14.7 Å². The number of thioether (sulfide) groups is 1. The molecule has 0 aromatic heterocycles. The second-order valence-corrected chi connectivity index (χ2v) is 6.38. The van der Waals surface area contributed by atoms with E-state index in [1.807, 2.05) is 38.3 Å². The Labute approximate surface area is 124 Å². The van der Waals surface area contributed by atoms with Crippen molar-refractivity contribution in [2.75, 3.05) is 30.9 Å². The van der Waals surface area contributed by atoms with E-state index in [9.17, 15) is 10.4 Å². The number of ether oxygens (including phenoxy) is 1. The van der Waals surface area contributed by atoms with Gasteiger partial charge in [0.25, 0.3) is 0 Å². The minimum Gasteiger partial charge on any atom is -0.394 e. The molecule has 1 N–H and O–H groups in total. The number of nitrogens with zero attached hydrogens (tertiary/aromatic N) is 2. The average Bonchev–Trinajstić information content (AvgIpc) is 2.44. The van der Waals surface area contributed by atoms with Crippen molar-refractivity contribution in [3.63, 3.8) is 0 Å². The van der Waals surface area contributed by atoms with Crippen LogP contribution in [0.4, 0.5) is 5.69 Å².